The van der Waals surface area contributed by atoms with E-state index in [2.05, 4.69) is 67.4 Å². The van der Waals surface area contributed by atoms with E-state index in [-0.39, 0.29) is 54.7 Å². The van der Waals surface area contributed by atoms with E-state index in [0.717, 1.165) is 25.7 Å². The Kier molecular flexibility index (Phi) is 14.9. The van der Waals surface area contributed by atoms with Crippen LogP contribution in [-0.4, -0.2) is 85.1 Å². The van der Waals surface area contributed by atoms with Crippen molar-refractivity contribution >= 4 is 34.3 Å². The highest BCUT2D eigenvalue weighted by molar-refractivity contribution is 5.75. The normalized spacial score (nSPS) is 31.5. The third-order valence-corrected chi connectivity index (χ3v) is 13.1. The Bertz CT molecular complexity index is 2380. The molecular formula is C47H56F2N8O7. The van der Waals surface area contributed by atoms with Gasteiger partial charge in [0.05, 0.1) is 43.5 Å². The first kappa shape index (κ1) is 49.0. The minimum absolute atomic E-state index is 0.0926. The molecule has 4 fully saturated rings. The summed E-state index contributed by atoms with van der Waals surface area (Å²) in [5.41, 5.74) is 0.256. The number of carbonyl (C=O) groups excluding carboxylic acids is 2. The van der Waals surface area contributed by atoms with E-state index in [1.54, 1.807) is 42.6 Å². The molecule has 0 spiro atoms. The van der Waals surface area contributed by atoms with Crippen LogP contribution in [0.15, 0.2) is 12.7 Å². The lowest BCUT2D eigenvalue weighted by molar-refractivity contribution is -0.147. The van der Waals surface area contributed by atoms with E-state index in [0.29, 0.717) is 53.0 Å². The van der Waals surface area contributed by atoms with Crippen LogP contribution in [0, 0.1) is 99.1 Å². The smallest absolute Gasteiger partial charge is 0.310 e. The van der Waals surface area contributed by atoms with Gasteiger partial charge in [0.2, 0.25) is 0 Å². The van der Waals surface area contributed by atoms with Gasteiger partial charge < -0.3 is 24.1 Å². The molecule has 1 N–H and O–H groups in total. The maximum Gasteiger partial charge on any atom is 0.310 e. The molecule has 0 saturated carbocycles. The number of aryl methyl sites for hydroxylation is 2. The highest BCUT2D eigenvalue weighted by Gasteiger charge is 2.47. The zero-order valence-electron chi connectivity index (χ0n) is 37.8. The minimum atomic E-state index is -1.06. The van der Waals surface area contributed by atoms with Crippen LogP contribution in [0.4, 0.5) is 8.78 Å². The molecule has 8 heterocycles. The Morgan fingerprint density at radius 2 is 1.00 bits per heavy atom. The molecule has 4 aliphatic heterocycles. The molecule has 0 aromatic carbocycles. The summed E-state index contributed by atoms with van der Waals surface area (Å²) in [5, 5.41) is 8.88. The quantitative estimate of drug-likeness (QED) is 0.126. The van der Waals surface area contributed by atoms with Gasteiger partial charge in [-0.3, -0.25) is 18.7 Å². The van der Waals surface area contributed by atoms with Gasteiger partial charge in [-0.15, -0.1) is 25.7 Å². The van der Waals surface area contributed by atoms with Crippen molar-refractivity contribution in [1.29, 1.82) is 0 Å². The lowest BCUT2D eigenvalue weighted by Crippen LogP contribution is -2.36. The predicted molar refractivity (Wildman–Crippen MR) is 232 cm³/mol. The van der Waals surface area contributed by atoms with Gasteiger partial charge in [0.15, 0.2) is 22.5 Å². The first-order valence-corrected chi connectivity index (χ1v) is 21.3. The van der Waals surface area contributed by atoms with E-state index >= 15 is 0 Å². The van der Waals surface area contributed by atoms with Gasteiger partial charge in [0.25, 0.3) is 0 Å². The molecule has 340 valence electrons. The van der Waals surface area contributed by atoms with Crippen LogP contribution in [0.25, 0.3) is 22.3 Å². The summed E-state index contributed by atoms with van der Waals surface area (Å²) in [5.74, 6) is 10.4. The van der Waals surface area contributed by atoms with E-state index in [1.165, 1.54) is 0 Å². The molecule has 15 nitrogen and oxygen atoms in total. The highest BCUT2D eigenvalue weighted by Crippen LogP contribution is 2.45. The topological polar surface area (TPSA) is 178 Å². The molecule has 0 amide bonds. The lowest BCUT2D eigenvalue weighted by atomic mass is 9.87. The summed E-state index contributed by atoms with van der Waals surface area (Å²) < 4.78 is 52.5. The van der Waals surface area contributed by atoms with E-state index in [4.69, 9.17) is 49.7 Å². The number of esters is 2. The Morgan fingerprint density at radius 1 is 0.641 bits per heavy atom. The second kappa shape index (κ2) is 19.4. The number of nitrogens with zero attached hydrogens (tertiary/aromatic N) is 8. The van der Waals surface area contributed by atoms with E-state index in [9.17, 15) is 18.4 Å². The van der Waals surface area contributed by atoms with Crippen molar-refractivity contribution in [1.82, 2.24) is 39.0 Å². The van der Waals surface area contributed by atoms with Crippen LogP contribution in [0.5, 0.6) is 0 Å². The average molecular weight is 883 g/mol. The van der Waals surface area contributed by atoms with E-state index < -0.39 is 34.6 Å². The lowest BCUT2D eigenvalue weighted by Gasteiger charge is -2.25. The number of fused-ring (bicyclic) bond motifs is 2. The molecule has 64 heavy (non-hydrogen) atoms. The monoisotopic (exact) mass is 882 g/mol. The molecule has 4 aliphatic rings. The molecule has 8 rings (SSSR count). The first-order chi connectivity index (χ1) is 30.3. The molecule has 10 atom stereocenters. The van der Waals surface area contributed by atoms with Crippen molar-refractivity contribution in [2.75, 3.05) is 6.61 Å². The van der Waals surface area contributed by atoms with Crippen molar-refractivity contribution in [3.05, 3.63) is 36.2 Å². The Labute approximate surface area is 372 Å². The number of rotatable bonds is 6. The van der Waals surface area contributed by atoms with Gasteiger partial charge >= 0.3 is 24.1 Å². The van der Waals surface area contributed by atoms with Crippen LogP contribution in [0.1, 0.15) is 117 Å². The van der Waals surface area contributed by atoms with Crippen molar-refractivity contribution in [3.8, 4) is 49.4 Å². The largest absolute Gasteiger partial charge is 0.446 e. The van der Waals surface area contributed by atoms with Gasteiger partial charge in [-0.25, -0.2) is 19.9 Å². The molecular weight excluding hydrogens is 827 g/mol. The fourth-order valence-electron chi connectivity index (χ4n) is 8.65. The number of halogens is 2. The number of aromatic nitrogens is 8. The van der Waals surface area contributed by atoms with Crippen LogP contribution >= 0.6 is 0 Å². The Morgan fingerprint density at radius 3 is 1.25 bits per heavy atom. The molecule has 0 radical (unpaired) electrons. The second-order valence-corrected chi connectivity index (χ2v) is 16.7. The number of aliphatic hydroxyl groups is 1. The third kappa shape index (κ3) is 9.17. The molecule has 0 aliphatic carbocycles. The molecule has 0 bridgehead atoms. The molecule has 17 heteroatoms. The summed E-state index contributed by atoms with van der Waals surface area (Å²) in [4.78, 5) is 45.3. The van der Waals surface area contributed by atoms with Gasteiger partial charge in [-0.2, -0.15) is 18.7 Å². The number of carbonyl (C=O) groups is 2. The van der Waals surface area contributed by atoms with Gasteiger partial charge in [0.1, 0.15) is 34.7 Å². The number of cyclic esters (lactones) is 2. The van der Waals surface area contributed by atoms with Gasteiger partial charge in [-0.05, 0) is 46.0 Å². The second-order valence-electron chi connectivity index (χ2n) is 16.7. The molecule has 4 aromatic heterocycles. The van der Waals surface area contributed by atoms with Gasteiger partial charge in [-0.1, -0.05) is 72.1 Å². The zero-order valence-corrected chi connectivity index (χ0v) is 37.8. The first-order valence-electron chi connectivity index (χ1n) is 21.3. The van der Waals surface area contributed by atoms with Crippen molar-refractivity contribution in [2.45, 2.75) is 142 Å². The summed E-state index contributed by atoms with van der Waals surface area (Å²) >= 11 is 0. The van der Waals surface area contributed by atoms with Crippen molar-refractivity contribution < 1.29 is 42.4 Å². The number of terminal acetylenes is 4. The highest BCUT2D eigenvalue weighted by atomic mass is 19.1. The number of aliphatic hydroxyl groups excluding tert-OH is 1. The van der Waals surface area contributed by atoms with Crippen molar-refractivity contribution in [2.24, 2.45) is 23.7 Å². The summed E-state index contributed by atoms with van der Waals surface area (Å²) in [6, 6.07) is 0. The van der Waals surface area contributed by atoms with Crippen LogP contribution in [-0.2, 0) is 28.5 Å². The average Bonchev–Trinajstić information content (AvgIpc) is 4.12. The summed E-state index contributed by atoms with van der Waals surface area (Å²) in [7, 11) is 0. The number of hydrogen-bond donors (Lipinski definition) is 1. The predicted octanol–water partition coefficient (Wildman–Crippen LogP) is 6.51. The van der Waals surface area contributed by atoms with Crippen LogP contribution in [0.3, 0.4) is 0 Å². The third-order valence-electron chi connectivity index (χ3n) is 13.1. The zero-order chi connectivity index (χ0) is 47.4. The fourth-order valence-corrected chi connectivity index (χ4v) is 8.65. The SMILES string of the molecule is C#C[C@]1(CC)OC(=O)C[C@@H]1C.C#C[C@]1(CC)O[C@@H](n2cnc3c(C)nc(F)nc32)C[C@@H]1C.C#C[C@]1(CC)O[C@@H](n2cnc3c(C)nc(F)nc32)C[C@@H]1C.C#C[C@]1(CO)OC(=O)C[C@@H]1C. The summed E-state index contributed by atoms with van der Waals surface area (Å²) in [6.07, 6.45) is 27.3. The Hall–Kier alpha value is -5.98. The van der Waals surface area contributed by atoms with E-state index in [1.807, 2.05) is 27.7 Å². The molecule has 4 aromatic rings. The van der Waals surface area contributed by atoms with Crippen LogP contribution < -0.4 is 0 Å². The minimum Gasteiger partial charge on any atom is -0.446 e. The molecule has 0 unspecified atom stereocenters. The maximum absolute atomic E-state index is 13.5. The van der Waals surface area contributed by atoms with Gasteiger partial charge in [0, 0.05) is 23.7 Å². The maximum atomic E-state index is 13.5. The summed E-state index contributed by atoms with van der Waals surface area (Å²) in [6.45, 7) is 17.0. The van der Waals surface area contributed by atoms with Crippen molar-refractivity contribution in [3.63, 3.8) is 0 Å². The fraction of sp³-hybridized carbons (Fsp3) is 0.574. The number of ether oxygens (including phenoxy) is 4. The number of imidazole rings is 2. The number of hydrogen-bond acceptors (Lipinski definition) is 13. The molecule has 4 saturated heterocycles. The Balaban J connectivity index is 0.000000168. The van der Waals surface area contributed by atoms with Crippen LogP contribution in [0.2, 0.25) is 0 Å². The standard InChI is InChI=1S/2C15H17FN4O.C9H12O2.C8H10O3/c2*1-5-15(6-2)9(3)7-11(21-15)20-8-17-12-10(4)18-14(16)19-13(12)20;1-4-9(5-2)7(3)6-8(10)11-9;1-3-8(5-9)6(2)4-7(10)11-8/h2*1,8-9,11H,6-7H2,2-4H3;1,7H,5-6H2,2-3H3;1,6,9H,4-5H2,2H3/t2*9-,11+,15+;7-,9+;6-,8+/m0000/s1.